The first-order valence-electron chi connectivity index (χ1n) is 7.75. The van der Waals surface area contributed by atoms with Crippen LogP contribution in [0.4, 0.5) is 0 Å². The third-order valence-electron chi connectivity index (χ3n) is 4.03. The van der Waals surface area contributed by atoms with Crippen molar-refractivity contribution < 1.29 is 14.3 Å². The molecule has 1 atom stereocenters. The standard InChI is InChI=1S/C17H18Cl2N2O3/c1-11(15(22)21-17(10-20)5-3-2-4-6-17)24-16(23)12-7-13(18)9-14(19)8-12/h7-9,11H,2-6H2,1H3,(H,21,22). The second-order valence-corrected chi connectivity index (χ2v) is 6.82. The quantitative estimate of drug-likeness (QED) is 0.817. The number of hydrogen-bond donors (Lipinski definition) is 1. The highest BCUT2D eigenvalue weighted by atomic mass is 35.5. The maximum absolute atomic E-state index is 12.3. The molecule has 0 bridgehead atoms. The highest BCUT2D eigenvalue weighted by molar-refractivity contribution is 6.35. The van der Waals surface area contributed by atoms with Crippen LogP contribution in [0.1, 0.15) is 49.4 Å². The zero-order valence-electron chi connectivity index (χ0n) is 13.3. The number of hydrogen-bond acceptors (Lipinski definition) is 4. The van der Waals surface area contributed by atoms with E-state index in [0.29, 0.717) is 22.9 Å². The summed E-state index contributed by atoms with van der Waals surface area (Å²) in [6.07, 6.45) is 3.03. The van der Waals surface area contributed by atoms with Gasteiger partial charge in [0.2, 0.25) is 0 Å². The average molecular weight is 369 g/mol. The number of esters is 1. The lowest BCUT2D eigenvalue weighted by molar-refractivity contribution is -0.130. The molecule has 0 radical (unpaired) electrons. The number of halogens is 2. The Morgan fingerprint density at radius 3 is 2.33 bits per heavy atom. The number of benzene rings is 1. The van der Waals surface area contributed by atoms with Crippen molar-refractivity contribution in [2.24, 2.45) is 0 Å². The Balaban J connectivity index is 2.00. The van der Waals surface area contributed by atoms with Crippen molar-refractivity contribution in [2.45, 2.75) is 50.7 Å². The first-order chi connectivity index (χ1) is 11.3. The molecule has 128 valence electrons. The number of nitrogens with zero attached hydrogens (tertiary/aromatic N) is 1. The van der Waals surface area contributed by atoms with E-state index < -0.39 is 23.5 Å². The topological polar surface area (TPSA) is 79.2 Å². The molecule has 7 heteroatoms. The maximum Gasteiger partial charge on any atom is 0.339 e. The molecule has 0 spiro atoms. The van der Waals surface area contributed by atoms with E-state index in [4.69, 9.17) is 27.9 Å². The van der Waals surface area contributed by atoms with Crippen molar-refractivity contribution in [3.8, 4) is 6.07 Å². The first kappa shape index (κ1) is 18.6. The first-order valence-corrected chi connectivity index (χ1v) is 8.51. The van der Waals surface area contributed by atoms with Crippen LogP contribution in [0, 0.1) is 11.3 Å². The summed E-state index contributed by atoms with van der Waals surface area (Å²) in [5, 5.41) is 12.7. The Morgan fingerprint density at radius 1 is 1.21 bits per heavy atom. The number of nitriles is 1. The minimum Gasteiger partial charge on any atom is -0.449 e. The SMILES string of the molecule is CC(OC(=O)c1cc(Cl)cc(Cl)c1)C(=O)NC1(C#N)CCCCC1. The molecule has 5 nitrogen and oxygen atoms in total. The molecule has 0 heterocycles. The van der Waals surface area contributed by atoms with E-state index in [2.05, 4.69) is 11.4 Å². The molecule has 1 aliphatic carbocycles. The number of carbonyl (C=O) groups is 2. The van der Waals surface area contributed by atoms with E-state index in [0.717, 1.165) is 19.3 Å². The predicted molar refractivity (Wildman–Crippen MR) is 90.9 cm³/mol. The minimum absolute atomic E-state index is 0.166. The molecule has 0 saturated heterocycles. The molecule has 1 aromatic rings. The molecule has 1 fully saturated rings. The molecule has 2 rings (SSSR count). The van der Waals surface area contributed by atoms with E-state index >= 15 is 0 Å². The molecule has 1 aromatic carbocycles. The van der Waals surface area contributed by atoms with Gasteiger partial charge in [0.1, 0.15) is 5.54 Å². The molecule has 1 unspecified atom stereocenters. The lowest BCUT2D eigenvalue weighted by Gasteiger charge is -2.32. The number of nitrogens with one attached hydrogen (secondary N) is 1. The maximum atomic E-state index is 12.3. The highest BCUT2D eigenvalue weighted by Crippen LogP contribution is 2.27. The summed E-state index contributed by atoms with van der Waals surface area (Å²) in [6, 6.07) is 6.52. The Labute approximate surface area is 150 Å². The number of amides is 1. The monoisotopic (exact) mass is 368 g/mol. The predicted octanol–water partition coefficient (Wildman–Crippen LogP) is 3.88. The molecule has 1 amide bonds. The fourth-order valence-electron chi connectivity index (χ4n) is 2.71. The van der Waals surface area contributed by atoms with Gasteiger partial charge in [-0.3, -0.25) is 4.79 Å². The summed E-state index contributed by atoms with van der Waals surface area (Å²) in [7, 11) is 0. The van der Waals surface area contributed by atoms with Crippen molar-refractivity contribution in [3.63, 3.8) is 0 Å². The van der Waals surface area contributed by atoms with E-state index in [1.165, 1.54) is 25.1 Å². The molecular weight excluding hydrogens is 351 g/mol. The number of ether oxygens (including phenoxy) is 1. The van der Waals surface area contributed by atoms with Crippen LogP contribution in [-0.2, 0) is 9.53 Å². The smallest absolute Gasteiger partial charge is 0.339 e. The van der Waals surface area contributed by atoms with Crippen LogP contribution in [-0.4, -0.2) is 23.5 Å². The molecule has 0 aliphatic heterocycles. The van der Waals surface area contributed by atoms with Crippen LogP contribution >= 0.6 is 23.2 Å². The van der Waals surface area contributed by atoms with Crippen LogP contribution in [0.2, 0.25) is 10.0 Å². The third kappa shape index (κ3) is 4.62. The fourth-order valence-corrected chi connectivity index (χ4v) is 3.24. The lowest BCUT2D eigenvalue weighted by atomic mass is 9.83. The van der Waals surface area contributed by atoms with Gasteiger partial charge in [0.15, 0.2) is 6.10 Å². The van der Waals surface area contributed by atoms with Crippen molar-refractivity contribution in [3.05, 3.63) is 33.8 Å². The molecule has 1 saturated carbocycles. The Bertz CT molecular complexity index is 659. The van der Waals surface area contributed by atoms with Gasteiger partial charge in [-0.1, -0.05) is 42.5 Å². The van der Waals surface area contributed by atoms with Crippen LogP contribution < -0.4 is 5.32 Å². The van der Waals surface area contributed by atoms with Crippen molar-refractivity contribution in [1.29, 1.82) is 5.26 Å². The Morgan fingerprint density at radius 2 is 1.79 bits per heavy atom. The molecular formula is C17H18Cl2N2O3. The summed E-state index contributed by atoms with van der Waals surface area (Å²) in [5.41, 5.74) is -0.699. The van der Waals surface area contributed by atoms with Crippen LogP contribution in [0.15, 0.2) is 18.2 Å². The zero-order chi connectivity index (χ0) is 17.7. The van der Waals surface area contributed by atoms with Crippen molar-refractivity contribution in [1.82, 2.24) is 5.32 Å². The van der Waals surface area contributed by atoms with Gasteiger partial charge in [-0.05, 0) is 38.0 Å². The van der Waals surface area contributed by atoms with Gasteiger partial charge in [-0.2, -0.15) is 5.26 Å². The lowest BCUT2D eigenvalue weighted by Crippen LogP contribution is -2.52. The fraction of sp³-hybridized carbons (Fsp3) is 0.471. The number of carbonyl (C=O) groups excluding carboxylic acids is 2. The van der Waals surface area contributed by atoms with Gasteiger partial charge in [0.25, 0.3) is 5.91 Å². The molecule has 24 heavy (non-hydrogen) atoms. The van der Waals surface area contributed by atoms with Crippen LogP contribution in [0.3, 0.4) is 0 Å². The zero-order valence-corrected chi connectivity index (χ0v) is 14.8. The molecule has 1 N–H and O–H groups in total. The van der Waals surface area contributed by atoms with E-state index in [1.54, 1.807) is 0 Å². The second kappa shape index (κ2) is 7.87. The minimum atomic E-state index is -1.03. The van der Waals surface area contributed by atoms with Crippen molar-refractivity contribution >= 4 is 35.1 Å². The summed E-state index contributed by atoms with van der Waals surface area (Å²) in [6.45, 7) is 1.47. The van der Waals surface area contributed by atoms with E-state index in [1.807, 2.05) is 0 Å². The van der Waals surface area contributed by atoms with Gasteiger partial charge in [-0.15, -0.1) is 0 Å². The Kier molecular flexibility index (Phi) is 6.09. The summed E-state index contributed by atoms with van der Waals surface area (Å²) < 4.78 is 5.16. The van der Waals surface area contributed by atoms with Crippen LogP contribution in [0.25, 0.3) is 0 Å². The third-order valence-corrected chi connectivity index (χ3v) is 4.47. The average Bonchev–Trinajstić information content (AvgIpc) is 2.54. The van der Waals surface area contributed by atoms with Gasteiger partial charge in [0, 0.05) is 10.0 Å². The normalized spacial score (nSPS) is 17.4. The number of rotatable bonds is 4. The van der Waals surface area contributed by atoms with E-state index in [9.17, 15) is 14.9 Å². The van der Waals surface area contributed by atoms with Crippen LogP contribution in [0.5, 0.6) is 0 Å². The Hall–Kier alpha value is -1.77. The molecule has 0 aromatic heterocycles. The van der Waals surface area contributed by atoms with E-state index in [-0.39, 0.29) is 5.56 Å². The van der Waals surface area contributed by atoms with Gasteiger partial charge in [-0.25, -0.2) is 4.79 Å². The van der Waals surface area contributed by atoms with Crippen molar-refractivity contribution in [2.75, 3.05) is 0 Å². The summed E-state index contributed by atoms with van der Waals surface area (Å²) in [4.78, 5) is 24.4. The second-order valence-electron chi connectivity index (χ2n) is 5.95. The van der Waals surface area contributed by atoms with Gasteiger partial charge < -0.3 is 10.1 Å². The summed E-state index contributed by atoms with van der Waals surface area (Å²) >= 11 is 11.7. The van der Waals surface area contributed by atoms with Gasteiger partial charge >= 0.3 is 5.97 Å². The summed E-state index contributed by atoms with van der Waals surface area (Å²) in [5.74, 6) is -1.18. The largest absolute Gasteiger partial charge is 0.449 e. The highest BCUT2D eigenvalue weighted by Gasteiger charge is 2.35. The van der Waals surface area contributed by atoms with Gasteiger partial charge in [0.05, 0.1) is 11.6 Å². The molecule has 1 aliphatic rings.